The molecule has 1 N–H and O–H groups in total. The summed E-state index contributed by atoms with van der Waals surface area (Å²) in [6.07, 6.45) is 2.99. The number of alkyl halides is 3. The Hall–Kier alpha value is -1.34. The zero-order chi connectivity index (χ0) is 20.3. The molecular formula is C21H30F3N3S. The first-order chi connectivity index (χ1) is 13.3. The van der Waals surface area contributed by atoms with Crippen LogP contribution in [0, 0.1) is 5.92 Å². The van der Waals surface area contributed by atoms with E-state index in [-0.39, 0.29) is 0 Å². The molecule has 0 radical (unpaired) electrons. The summed E-state index contributed by atoms with van der Waals surface area (Å²) in [5.74, 6) is 0.750. The van der Waals surface area contributed by atoms with Crippen LogP contribution in [0.25, 0.3) is 0 Å². The fourth-order valence-corrected chi connectivity index (χ4v) is 4.92. The molecule has 0 aromatic heterocycles. The summed E-state index contributed by atoms with van der Waals surface area (Å²) in [5, 5.41) is 3.49. The second-order valence-electron chi connectivity index (χ2n) is 8.22. The van der Waals surface area contributed by atoms with Gasteiger partial charge < -0.3 is 15.1 Å². The standard InChI is InChI=1S/C21H30F3N3S/c1-15-6-3-4-9-19(15)26(2)18-10-12-27(13-11-18)20(28)25-17-8-5-7-16(14-17)21(22,23)24/h5,7-8,14-15,18-19H,3-4,6,9-13H2,1-2H3,(H,25,28). The van der Waals surface area contributed by atoms with Crippen LogP contribution < -0.4 is 5.32 Å². The van der Waals surface area contributed by atoms with E-state index in [1.165, 1.54) is 31.7 Å². The molecule has 1 aromatic rings. The summed E-state index contributed by atoms with van der Waals surface area (Å²) in [5.41, 5.74) is -0.280. The second-order valence-corrected chi connectivity index (χ2v) is 8.61. The lowest BCUT2D eigenvalue weighted by molar-refractivity contribution is -0.137. The first-order valence-corrected chi connectivity index (χ1v) is 10.6. The van der Waals surface area contributed by atoms with Crippen LogP contribution in [0.3, 0.4) is 0 Å². The molecule has 3 nitrogen and oxygen atoms in total. The van der Waals surface area contributed by atoms with Gasteiger partial charge in [-0.2, -0.15) is 13.2 Å². The minimum absolute atomic E-state index is 0.384. The summed E-state index contributed by atoms with van der Waals surface area (Å²) in [6.45, 7) is 4.03. The van der Waals surface area contributed by atoms with Gasteiger partial charge in [0.25, 0.3) is 0 Å². The number of nitrogens with one attached hydrogen (secondary N) is 1. The molecule has 1 saturated carbocycles. The number of thiocarbonyl (C=S) groups is 1. The highest BCUT2D eigenvalue weighted by atomic mass is 32.1. The van der Waals surface area contributed by atoms with Gasteiger partial charge in [-0.25, -0.2) is 0 Å². The SMILES string of the molecule is CC1CCCCC1N(C)C1CCN(C(=S)Nc2cccc(C(F)(F)F)c2)CC1. The molecule has 3 rings (SSSR count). The smallest absolute Gasteiger partial charge is 0.349 e. The van der Waals surface area contributed by atoms with Crippen LogP contribution in [0.15, 0.2) is 24.3 Å². The topological polar surface area (TPSA) is 18.5 Å². The van der Waals surface area contributed by atoms with Gasteiger partial charge in [0.1, 0.15) is 0 Å². The molecule has 0 spiro atoms. The summed E-state index contributed by atoms with van der Waals surface area (Å²) in [6, 6.07) is 6.42. The molecule has 1 aromatic carbocycles. The van der Waals surface area contributed by atoms with Crippen molar-refractivity contribution in [1.29, 1.82) is 0 Å². The lowest BCUT2D eigenvalue weighted by Gasteiger charge is -2.44. The number of piperidine rings is 1. The largest absolute Gasteiger partial charge is 0.416 e. The Morgan fingerprint density at radius 1 is 1.14 bits per heavy atom. The average Bonchev–Trinajstić information content (AvgIpc) is 2.67. The Bertz CT molecular complexity index is 671. The van der Waals surface area contributed by atoms with Gasteiger partial charge in [0.05, 0.1) is 5.56 Å². The number of rotatable bonds is 3. The molecule has 1 aliphatic heterocycles. The van der Waals surface area contributed by atoms with Crippen molar-refractivity contribution >= 4 is 23.0 Å². The second kappa shape index (κ2) is 8.99. The Morgan fingerprint density at radius 3 is 2.46 bits per heavy atom. The van der Waals surface area contributed by atoms with Crippen molar-refractivity contribution in [2.24, 2.45) is 5.92 Å². The number of nitrogens with zero attached hydrogens (tertiary/aromatic N) is 2. The molecule has 0 bridgehead atoms. The minimum atomic E-state index is -4.35. The monoisotopic (exact) mass is 413 g/mol. The molecule has 28 heavy (non-hydrogen) atoms. The Kier molecular flexibility index (Phi) is 6.86. The van der Waals surface area contributed by atoms with Gasteiger partial charge in [-0.3, -0.25) is 0 Å². The van der Waals surface area contributed by atoms with Gasteiger partial charge in [0.2, 0.25) is 0 Å². The van der Waals surface area contributed by atoms with Crippen LogP contribution in [0.5, 0.6) is 0 Å². The van der Waals surface area contributed by atoms with Gasteiger partial charge >= 0.3 is 6.18 Å². The average molecular weight is 414 g/mol. The van der Waals surface area contributed by atoms with Crippen LogP contribution >= 0.6 is 12.2 Å². The third-order valence-corrected chi connectivity index (χ3v) is 6.72. The highest BCUT2D eigenvalue weighted by molar-refractivity contribution is 7.80. The maximum absolute atomic E-state index is 12.9. The predicted octanol–water partition coefficient (Wildman–Crippen LogP) is 5.38. The zero-order valence-electron chi connectivity index (χ0n) is 16.6. The van der Waals surface area contributed by atoms with Gasteiger partial charge in [-0.05, 0) is 69.1 Å². The molecule has 1 heterocycles. The first-order valence-electron chi connectivity index (χ1n) is 10.2. The molecule has 2 aliphatic rings. The van der Waals surface area contributed by atoms with Crippen molar-refractivity contribution < 1.29 is 13.2 Å². The van der Waals surface area contributed by atoms with Crippen LogP contribution in [0.1, 0.15) is 51.0 Å². The zero-order valence-corrected chi connectivity index (χ0v) is 17.5. The first kappa shape index (κ1) is 21.4. The maximum Gasteiger partial charge on any atom is 0.416 e. The Labute approximate surface area is 171 Å². The predicted molar refractivity (Wildman–Crippen MR) is 111 cm³/mol. The minimum Gasteiger partial charge on any atom is -0.349 e. The van der Waals surface area contributed by atoms with Gasteiger partial charge in [0, 0.05) is 30.9 Å². The highest BCUT2D eigenvalue weighted by Gasteiger charge is 2.32. The van der Waals surface area contributed by atoms with E-state index in [9.17, 15) is 13.2 Å². The molecule has 2 unspecified atom stereocenters. The third kappa shape index (κ3) is 5.17. The number of halogens is 3. The van der Waals surface area contributed by atoms with Crippen LogP contribution in [0.2, 0.25) is 0 Å². The number of likely N-dealkylation sites (tertiary alicyclic amines) is 1. The van der Waals surface area contributed by atoms with E-state index in [4.69, 9.17) is 12.2 Å². The van der Waals surface area contributed by atoms with E-state index in [0.29, 0.717) is 22.9 Å². The number of benzene rings is 1. The molecule has 1 aliphatic carbocycles. The van der Waals surface area contributed by atoms with Crippen molar-refractivity contribution in [3.63, 3.8) is 0 Å². The quantitative estimate of drug-likeness (QED) is 0.671. The Morgan fingerprint density at radius 2 is 1.82 bits per heavy atom. The summed E-state index contributed by atoms with van der Waals surface area (Å²) in [4.78, 5) is 4.65. The lowest BCUT2D eigenvalue weighted by Crippen LogP contribution is -2.51. The number of hydrogen-bond donors (Lipinski definition) is 1. The van der Waals surface area contributed by atoms with Crippen LogP contribution in [-0.4, -0.2) is 47.1 Å². The van der Waals surface area contributed by atoms with Crippen LogP contribution in [-0.2, 0) is 6.18 Å². The molecular weight excluding hydrogens is 383 g/mol. The van der Waals surface area contributed by atoms with E-state index in [1.807, 2.05) is 0 Å². The highest BCUT2D eigenvalue weighted by Crippen LogP contribution is 2.32. The molecule has 7 heteroatoms. The number of anilines is 1. The fraction of sp³-hybridized carbons (Fsp3) is 0.667. The normalized spacial score (nSPS) is 24.4. The van der Waals surface area contributed by atoms with Crippen molar-refractivity contribution in [3.05, 3.63) is 29.8 Å². The molecule has 2 fully saturated rings. The summed E-state index contributed by atoms with van der Waals surface area (Å²) < 4.78 is 38.7. The number of hydrogen-bond acceptors (Lipinski definition) is 2. The van der Waals surface area contributed by atoms with Crippen molar-refractivity contribution in [2.75, 3.05) is 25.5 Å². The van der Waals surface area contributed by atoms with E-state index in [0.717, 1.165) is 44.0 Å². The molecule has 1 saturated heterocycles. The van der Waals surface area contributed by atoms with Crippen molar-refractivity contribution in [2.45, 2.75) is 63.7 Å². The third-order valence-electron chi connectivity index (χ3n) is 6.36. The van der Waals surface area contributed by atoms with E-state index in [1.54, 1.807) is 6.07 Å². The van der Waals surface area contributed by atoms with Gasteiger partial charge in [-0.1, -0.05) is 25.8 Å². The molecule has 2 atom stereocenters. The maximum atomic E-state index is 12.9. The Balaban J connectivity index is 1.52. The van der Waals surface area contributed by atoms with E-state index >= 15 is 0 Å². The van der Waals surface area contributed by atoms with E-state index in [2.05, 4.69) is 29.1 Å². The molecule has 156 valence electrons. The van der Waals surface area contributed by atoms with Gasteiger partial charge in [-0.15, -0.1) is 0 Å². The van der Waals surface area contributed by atoms with Crippen molar-refractivity contribution in [3.8, 4) is 0 Å². The van der Waals surface area contributed by atoms with Crippen LogP contribution in [0.4, 0.5) is 18.9 Å². The summed E-state index contributed by atoms with van der Waals surface area (Å²) in [7, 11) is 2.26. The van der Waals surface area contributed by atoms with Crippen molar-refractivity contribution in [1.82, 2.24) is 9.80 Å². The summed E-state index contributed by atoms with van der Waals surface area (Å²) >= 11 is 5.46. The fourth-order valence-electron chi connectivity index (χ4n) is 4.62. The van der Waals surface area contributed by atoms with E-state index < -0.39 is 11.7 Å². The van der Waals surface area contributed by atoms with Gasteiger partial charge in [0.15, 0.2) is 5.11 Å². The lowest BCUT2D eigenvalue weighted by atomic mass is 9.84. The molecule has 0 amide bonds.